The number of imide groups is 1. The summed E-state index contributed by atoms with van der Waals surface area (Å²) in [5.41, 5.74) is 1.48. The fourth-order valence-corrected chi connectivity index (χ4v) is 5.48. The molecule has 1 fully saturated rings. The fourth-order valence-electron chi connectivity index (χ4n) is 4.55. The molecular formula is C30H27FN4O5S. The number of rotatable bonds is 8. The number of benzene rings is 3. The number of carbonyl (C=O) groups is 3. The molecule has 0 saturated carbocycles. The molecule has 1 saturated heterocycles. The fraction of sp³-hybridized carbons (Fsp3) is 0.200. The van der Waals surface area contributed by atoms with E-state index in [-0.39, 0.29) is 12.2 Å². The van der Waals surface area contributed by atoms with Gasteiger partial charge in [-0.3, -0.25) is 14.6 Å². The predicted octanol–water partition coefficient (Wildman–Crippen LogP) is 5.59. The third kappa shape index (κ3) is 5.66. The van der Waals surface area contributed by atoms with Crippen molar-refractivity contribution in [1.29, 1.82) is 0 Å². The Hall–Kier alpha value is -4.64. The summed E-state index contributed by atoms with van der Waals surface area (Å²) in [6.45, 7) is 2.03. The lowest BCUT2D eigenvalue weighted by Gasteiger charge is -2.37. The molecule has 2 heterocycles. The molecule has 0 spiro atoms. The van der Waals surface area contributed by atoms with E-state index < -0.39 is 29.6 Å². The summed E-state index contributed by atoms with van der Waals surface area (Å²) in [6.07, 6.45) is 1.73. The second-order valence-electron chi connectivity index (χ2n) is 9.17. The van der Waals surface area contributed by atoms with Crippen LogP contribution < -0.4 is 19.7 Å². The standard InChI is InChI=1S/C30H27FN4O5S/c1-4-34-17-23(29(37)35(30(34)38)20-9-5-18(31)6-10-20)28(36)33-19-7-11-21(12-8-19)41-27-13-14-32-24-16-26(40-3)25(39-2)15-22(24)27/h5-16,23H,4,17H2,1-3H3,(H,33,36). The zero-order chi connectivity index (χ0) is 29.1. The molecule has 1 atom stereocenters. The summed E-state index contributed by atoms with van der Waals surface area (Å²) in [4.78, 5) is 48.1. The number of hydrogen-bond donors (Lipinski definition) is 1. The van der Waals surface area contributed by atoms with Gasteiger partial charge in [0.2, 0.25) is 11.8 Å². The number of halogens is 1. The van der Waals surface area contributed by atoms with Crippen LogP contribution in [0.2, 0.25) is 0 Å². The van der Waals surface area contributed by atoms with Crippen LogP contribution in [0.25, 0.3) is 10.9 Å². The molecule has 9 nitrogen and oxygen atoms in total. The van der Waals surface area contributed by atoms with Gasteiger partial charge >= 0.3 is 6.03 Å². The number of hydrogen-bond acceptors (Lipinski definition) is 7. The second kappa shape index (κ2) is 11.8. The monoisotopic (exact) mass is 574 g/mol. The first kappa shape index (κ1) is 27.9. The van der Waals surface area contributed by atoms with Crippen molar-refractivity contribution in [3.63, 3.8) is 0 Å². The number of nitrogens with zero attached hydrogens (tertiary/aromatic N) is 3. The highest BCUT2D eigenvalue weighted by atomic mass is 32.2. The van der Waals surface area contributed by atoms with Gasteiger partial charge in [-0.05, 0) is 67.6 Å². The minimum Gasteiger partial charge on any atom is -0.493 e. The molecule has 1 unspecified atom stereocenters. The molecule has 11 heteroatoms. The van der Waals surface area contributed by atoms with Crippen LogP contribution >= 0.6 is 11.8 Å². The molecular weight excluding hydrogens is 547 g/mol. The average molecular weight is 575 g/mol. The highest BCUT2D eigenvalue weighted by Gasteiger charge is 2.43. The summed E-state index contributed by atoms with van der Waals surface area (Å²) >= 11 is 1.53. The molecule has 1 N–H and O–H groups in total. The minimum atomic E-state index is -1.12. The van der Waals surface area contributed by atoms with E-state index in [9.17, 15) is 18.8 Å². The van der Waals surface area contributed by atoms with E-state index in [1.807, 2.05) is 30.3 Å². The lowest BCUT2D eigenvalue weighted by atomic mass is 10.0. The Morgan fingerprint density at radius 2 is 1.71 bits per heavy atom. The molecule has 0 bridgehead atoms. The van der Waals surface area contributed by atoms with Gasteiger partial charge < -0.3 is 19.7 Å². The molecule has 210 valence electrons. The normalized spacial score (nSPS) is 15.3. The van der Waals surface area contributed by atoms with Crippen molar-refractivity contribution in [3.8, 4) is 11.5 Å². The lowest BCUT2D eigenvalue weighted by molar-refractivity contribution is -0.132. The number of aromatic nitrogens is 1. The van der Waals surface area contributed by atoms with E-state index in [0.717, 1.165) is 37.7 Å². The van der Waals surface area contributed by atoms with Crippen molar-refractivity contribution >= 4 is 51.9 Å². The van der Waals surface area contributed by atoms with Gasteiger partial charge in [-0.1, -0.05) is 11.8 Å². The Bertz CT molecular complexity index is 1610. The van der Waals surface area contributed by atoms with Crippen molar-refractivity contribution in [2.45, 2.75) is 16.7 Å². The van der Waals surface area contributed by atoms with E-state index in [0.29, 0.717) is 23.7 Å². The Balaban J connectivity index is 1.32. The maximum absolute atomic E-state index is 13.4. The third-order valence-electron chi connectivity index (χ3n) is 6.72. The molecule has 1 aromatic heterocycles. The molecule has 5 rings (SSSR count). The second-order valence-corrected chi connectivity index (χ2v) is 10.3. The number of nitrogens with one attached hydrogen (secondary N) is 1. The summed E-state index contributed by atoms with van der Waals surface area (Å²) < 4.78 is 24.3. The number of pyridine rings is 1. The Morgan fingerprint density at radius 3 is 2.37 bits per heavy atom. The zero-order valence-electron chi connectivity index (χ0n) is 22.6. The minimum absolute atomic E-state index is 0.0466. The van der Waals surface area contributed by atoms with Crippen LogP contribution in [0.15, 0.2) is 82.7 Å². The van der Waals surface area contributed by atoms with E-state index in [1.54, 1.807) is 39.5 Å². The van der Waals surface area contributed by atoms with Crippen LogP contribution in [-0.2, 0) is 9.59 Å². The van der Waals surface area contributed by atoms with Crippen molar-refractivity contribution in [3.05, 3.63) is 78.7 Å². The van der Waals surface area contributed by atoms with E-state index >= 15 is 0 Å². The van der Waals surface area contributed by atoms with Gasteiger partial charge in [-0.2, -0.15) is 0 Å². The van der Waals surface area contributed by atoms with Crippen LogP contribution in [0.5, 0.6) is 11.5 Å². The molecule has 4 amide bonds. The number of methoxy groups -OCH3 is 2. The Kier molecular flexibility index (Phi) is 8.06. The number of amides is 4. The summed E-state index contributed by atoms with van der Waals surface area (Å²) in [5.74, 6) is -1.61. The van der Waals surface area contributed by atoms with E-state index in [1.165, 1.54) is 28.8 Å². The highest BCUT2D eigenvalue weighted by Crippen LogP contribution is 2.38. The van der Waals surface area contributed by atoms with Gasteiger partial charge in [0.25, 0.3) is 0 Å². The average Bonchev–Trinajstić information content (AvgIpc) is 2.98. The molecule has 4 aromatic rings. The molecule has 1 aliphatic heterocycles. The van der Waals surface area contributed by atoms with Gasteiger partial charge in [0, 0.05) is 46.2 Å². The van der Waals surface area contributed by atoms with Crippen LogP contribution in [0, 0.1) is 11.7 Å². The van der Waals surface area contributed by atoms with Crippen LogP contribution in [0.4, 0.5) is 20.6 Å². The van der Waals surface area contributed by atoms with Gasteiger partial charge in [0.1, 0.15) is 11.7 Å². The van der Waals surface area contributed by atoms with Gasteiger partial charge in [0.15, 0.2) is 11.5 Å². The number of carbonyl (C=O) groups excluding carboxylic acids is 3. The smallest absolute Gasteiger partial charge is 0.331 e. The number of urea groups is 1. The Morgan fingerprint density at radius 1 is 1.02 bits per heavy atom. The van der Waals surface area contributed by atoms with Gasteiger partial charge in [-0.15, -0.1) is 0 Å². The van der Waals surface area contributed by atoms with Gasteiger partial charge in [-0.25, -0.2) is 14.1 Å². The maximum Gasteiger partial charge on any atom is 0.331 e. The third-order valence-corrected chi connectivity index (χ3v) is 7.81. The lowest BCUT2D eigenvalue weighted by Crippen LogP contribution is -2.59. The molecule has 0 radical (unpaired) electrons. The predicted molar refractivity (Wildman–Crippen MR) is 154 cm³/mol. The summed E-state index contributed by atoms with van der Waals surface area (Å²) in [7, 11) is 3.16. The van der Waals surface area contributed by atoms with Crippen molar-refractivity contribution in [2.24, 2.45) is 5.92 Å². The molecule has 1 aliphatic rings. The van der Waals surface area contributed by atoms with Gasteiger partial charge in [0.05, 0.1) is 25.4 Å². The molecule has 41 heavy (non-hydrogen) atoms. The van der Waals surface area contributed by atoms with Crippen molar-refractivity contribution in [2.75, 3.05) is 37.5 Å². The van der Waals surface area contributed by atoms with E-state index in [4.69, 9.17) is 9.47 Å². The number of anilines is 2. The summed E-state index contributed by atoms with van der Waals surface area (Å²) in [5, 5.41) is 3.70. The SMILES string of the molecule is CCN1CC(C(=O)Nc2ccc(Sc3ccnc4cc(OC)c(OC)cc34)cc2)C(=O)N(c2ccc(F)cc2)C1=O. The van der Waals surface area contributed by atoms with Crippen LogP contribution in [0.3, 0.4) is 0 Å². The largest absolute Gasteiger partial charge is 0.493 e. The molecule has 3 aromatic carbocycles. The first-order valence-corrected chi connectivity index (χ1v) is 13.6. The quantitative estimate of drug-likeness (QED) is 0.274. The van der Waals surface area contributed by atoms with Crippen LogP contribution in [0.1, 0.15) is 6.92 Å². The van der Waals surface area contributed by atoms with Crippen molar-refractivity contribution < 1.29 is 28.2 Å². The molecule has 0 aliphatic carbocycles. The zero-order valence-corrected chi connectivity index (χ0v) is 23.4. The first-order valence-electron chi connectivity index (χ1n) is 12.8. The maximum atomic E-state index is 13.4. The summed E-state index contributed by atoms with van der Waals surface area (Å²) in [6, 6.07) is 17.3. The Labute approximate surface area is 240 Å². The first-order chi connectivity index (χ1) is 19.8. The topological polar surface area (TPSA) is 101 Å². The van der Waals surface area contributed by atoms with E-state index in [2.05, 4.69) is 10.3 Å². The number of ether oxygens (including phenoxy) is 2. The number of fused-ring (bicyclic) bond motifs is 1. The van der Waals surface area contributed by atoms with Crippen LogP contribution in [-0.4, -0.2) is 55.0 Å². The van der Waals surface area contributed by atoms with Crippen molar-refractivity contribution in [1.82, 2.24) is 9.88 Å². The highest BCUT2D eigenvalue weighted by molar-refractivity contribution is 7.99.